The first kappa shape index (κ1) is 20.4. The average molecular weight is 444 g/mol. The Bertz CT molecular complexity index is 1080. The molecule has 2 amide bonds. The molecule has 0 saturated carbocycles. The van der Waals surface area contributed by atoms with Gasteiger partial charge < -0.3 is 14.5 Å². The van der Waals surface area contributed by atoms with E-state index in [0.29, 0.717) is 48.0 Å². The minimum absolute atomic E-state index is 0.0554. The largest absolute Gasteiger partial charge is 0.484 e. The van der Waals surface area contributed by atoms with Crippen LogP contribution in [0.3, 0.4) is 0 Å². The molecule has 154 valence electrons. The molecule has 1 fully saturated rings. The van der Waals surface area contributed by atoms with Crippen molar-refractivity contribution in [1.82, 2.24) is 14.8 Å². The summed E-state index contributed by atoms with van der Waals surface area (Å²) < 4.78 is 5.53. The molecule has 0 bridgehead atoms. The normalized spacial score (nSPS) is 14.1. The summed E-state index contributed by atoms with van der Waals surface area (Å²) in [5.41, 5.74) is 1.21. The predicted molar refractivity (Wildman–Crippen MR) is 116 cm³/mol. The molecule has 6 nitrogen and oxygen atoms in total. The van der Waals surface area contributed by atoms with Crippen LogP contribution >= 0.6 is 23.2 Å². The molecule has 30 heavy (non-hydrogen) atoms. The first-order chi connectivity index (χ1) is 14.5. The highest BCUT2D eigenvalue weighted by Crippen LogP contribution is 2.23. The third-order valence-electron chi connectivity index (χ3n) is 5.01. The first-order valence-electron chi connectivity index (χ1n) is 9.52. The fourth-order valence-corrected chi connectivity index (χ4v) is 3.74. The number of fused-ring (bicyclic) bond motifs is 1. The number of para-hydroxylation sites is 1. The summed E-state index contributed by atoms with van der Waals surface area (Å²) in [6.07, 6.45) is 0. The highest BCUT2D eigenvalue weighted by Gasteiger charge is 2.26. The Morgan fingerprint density at radius 2 is 1.60 bits per heavy atom. The van der Waals surface area contributed by atoms with Crippen LogP contribution in [0.1, 0.15) is 10.4 Å². The van der Waals surface area contributed by atoms with E-state index in [9.17, 15) is 9.59 Å². The SMILES string of the molecule is O=C(COc1ccc(Cl)cc1)N1CCN(C(=O)c2cc(Cl)nc3ccccc23)CC1. The summed E-state index contributed by atoms with van der Waals surface area (Å²) in [6.45, 7) is 1.73. The minimum atomic E-state index is -0.116. The summed E-state index contributed by atoms with van der Waals surface area (Å²) >= 11 is 12.0. The second-order valence-corrected chi connectivity index (χ2v) is 7.75. The van der Waals surface area contributed by atoms with Crippen LogP contribution in [0.25, 0.3) is 10.9 Å². The van der Waals surface area contributed by atoms with Crippen LogP contribution < -0.4 is 4.74 Å². The molecule has 0 unspecified atom stereocenters. The zero-order valence-corrected chi connectivity index (χ0v) is 17.6. The smallest absolute Gasteiger partial charge is 0.260 e. The monoisotopic (exact) mass is 443 g/mol. The Morgan fingerprint density at radius 1 is 0.933 bits per heavy atom. The van der Waals surface area contributed by atoms with E-state index in [1.807, 2.05) is 24.3 Å². The van der Waals surface area contributed by atoms with Gasteiger partial charge in [-0.3, -0.25) is 9.59 Å². The van der Waals surface area contributed by atoms with Crippen molar-refractivity contribution < 1.29 is 14.3 Å². The van der Waals surface area contributed by atoms with Gasteiger partial charge in [-0.05, 0) is 36.4 Å². The molecule has 0 N–H and O–H groups in total. The third kappa shape index (κ3) is 4.50. The van der Waals surface area contributed by atoms with Gasteiger partial charge in [0.1, 0.15) is 10.9 Å². The number of hydrogen-bond acceptors (Lipinski definition) is 4. The highest BCUT2D eigenvalue weighted by molar-refractivity contribution is 6.30. The maximum atomic E-state index is 13.1. The molecular weight excluding hydrogens is 425 g/mol. The number of ether oxygens (including phenoxy) is 1. The molecule has 2 heterocycles. The number of aromatic nitrogens is 1. The molecule has 0 spiro atoms. The molecule has 4 rings (SSSR count). The number of nitrogens with zero attached hydrogens (tertiary/aromatic N) is 3. The van der Waals surface area contributed by atoms with E-state index >= 15 is 0 Å². The molecule has 1 saturated heterocycles. The molecule has 2 aromatic carbocycles. The Morgan fingerprint density at radius 3 is 2.33 bits per heavy atom. The molecule has 1 aliphatic heterocycles. The van der Waals surface area contributed by atoms with Gasteiger partial charge >= 0.3 is 0 Å². The number of piperazine rings is 1. The zero-order valence-electron chi connectivity index (χ0n) is 16.1. The molecule has 3 aromatic rings. The quantitative estimate of drug-likeness (QED) is 0.573. The average Bonchev–Trinajstić information content (AvgIpc) is 2.77. The highest BCUT2D eigenvalue weighted by atomic mass is 35.5. The number of rotatable bonds is 4. The van der Waals surface area contributed by atoms with Crippen molar-refractivity contribution in [3.63, 3.8) is 0 Å². The fraction of sp³-hybridized carbons (Fsp3) is 0.227. The van der Waals surface area contributed by atoms with Crippen molar-refractivity contribution in [2.24, 2.45) is 0 Å². The molecular formula is C22H19Cl2N3O3. The fourth-order valence-electron chi connectivity index (χ4n) is 3.42. The van der Waals surface area contributed by atoms with Crippen molar-refractivity contribution in [3.05, 3.63) is 70.3 Å². The second-order valence-electron chi connectivity index (χ2n) is 6.93. The molecule has 0 radical (unpaired) electrons. The lowest BCUT2D eigenvalue weighted by Crippen LogP contribution is -2.51. The summed E-state index contributed by atoms with van der Waals surface area (Å²) in [6, 6.07) is 15.9. The van der Waals surface area contributed by atoms with Gasteiger partial charge in [-0.1, -0.05) is 41.4 Å². The lowest BCUT2D eigenvalue weighted by Gasteiger charge is -2.35. The number of carbonyl (C=O) groups is 2. The van der Waals surface area contributed by atoms with E-state index in [4.69, 9.17) is 27.9 Å². The van der Waals surface area contributed by atoms with E-state index in [0.717, 1.165) is 5.39 Å². The standard InChI is InChI=1S/C22H19Cl2N3O3/c23-15-5-7-16(8-6-15)30-14-21(28)26-9-11-27(12-10-26)22(29)18-13-20(24)25-19-4-2-1-3-17(18)19/h1-8,13H,9-12,14H2. The van der Waals surface area contributed by atoms with Gasteiger partial charge in [-0.2, -0.15) is 0 Å². The molecule has 0 atom stereocenters. The van der Waals surface area contributed by atoms with Gasteiger partial charge in [0.15, 0.2) is 6.61 Å². The number of carbonyl (C=O) groups excluding carboxylic acids is 2. The lowest BCUT2D eigenvalue weighted by atomic mass is 10.1. The maximum absolute atomic E-state index is 13.1. The van der Waals surface area contributed by atoms with Crippen molar-refractivity contribution in [3.8, 4) is 5.75 Å². The van der Waals surface area contributed by atoms with Crippen LogP contribution in [0.5, 0.6) is 5.75 Å². The van der Waals surface area contributed by atoms with Crippen molar-refractivity contribution in [1.29, 1.82) is 0 Å². The molecule has 8 heteroatoms. The topological polar surface area (TPSA) is 62.7 Å². The van der Waals surface area contributed by atoms with Gasteiger partial charge in [0, 0.05) is 36.6 Å². The van der Waals surface area contributed by atoms with Crippen LogP contribution in [0.4, 0.5) is 0 Å². The van der Waals surface area contributed by atoms with E-state index in [1.54, 1.807) is 40.1 Å². The van der Waals surface area contributed by atoms with E-state index < -0.39 is 0 Å². The Balaban J connectivity index is 1.37. The number of hydrogen-bond donors (Lipinski definition) is 0. The van der Waals surface area contributed by atoms with Gasteiger partial charge in [0.05, 0.1) is 11.1 Å². The van der Waals surface area contributed by atoms with Crippen LogP contribution in [0.2, 0.25) is 10.2 Å². The summed E-state index contributed by atoms with van der Waals surface area (Å²) in [5, 5.41) is 1.66. The van der Waals surface area contributed by atoms with Crippen molar-refractivity contribution in [2.75, 3.05) is 32.8 Å². The zero-order chi connectivity index (χ0) is 21.1. The number of halogens is 2. The minimum Gasteiger partial charge on any atom is -0.484 e. The second kappa shape index (κ2) is 8.90. The van der Waals surface area contributed by atoms with E-state index in [-0.39, 0.29) is 23.6 Å². The van der Waals surface area contributed by atoms with Crippen molar-refractivity contribution in [2.45, 2.75) is 0 Å². The summed E-state index contributed by atoms with van der Waals surface area (Å²) in [7, 11) is 0. The van der Waals surface area contributed by atoms with Gasteiger partial charge in [-0.25, -0.2) is 4.98 Å². The third-order valence-corrected chi connectivity index (χ3v) is 5.46. The summed E-state index contributed by atoms with van der Waals surface area (Å²) in [5.74, 6) is 0.359. The predicted octanol–water partition coefficient (Wildman–Crippen LogP) is 3.91. The van der Waals surface area contributed by atoms with Crippen LogP contribution in [-0.2, 0) is 4.79 Å². The van der Waals surface area contributed by atoms with Crippen LogP contribution in [-0.4, -0.2) is 59.4 Å². The Hall–Kier alpha value is -2.83. The number of pyridine rings is 1. The van der Waals surface area contributed by atoms with E-state index in [2.05, 4.69) is 4.98 Å². The molecule has 1 aromatic heterocycles. The summed E-state index contributed by atoms with van der Waals surface area (Å²) in [4.78, 5) is 33.2. The van der Waals surface area contributed by atoms with Crippen LogP contribution in [0.15, 0.2) is 54.6 Å². The number of benzene rings is 2. The maximum Gasteiger partial charge on any atom is 0.260 e. The molecule has 0 aliphatic carbocycles. The van der Waals surface area contributed by atoms with Gasteiger partial charge in [-0.15, -0.1) is 0 Å². The van der Waals surface area contributed by atoms with Crippen LogP contribution in [0, 0.1) is 0 Å². The Labute approximate surface area is 184 Å². The van der Waals surface area contributed by atoms with Gasteiger partial charge in [0.2, 0.25) is 0 Å². The van der Waals surface area contributed by atoms with Crippen molar-refractivity contribution >= 4 is 45.9 Å². The Kier molecular flexibility index (Phi) is 6.06. The first-order valence-corrected chi connectivity index (χ1v) is 10.3. The van der Waals surface area contributed by atoms with Gasteiger partial charge in [0.25, 0.3) is 11.8 Å². The van der Waals surface area contributed by atoms with E-state index in [1.165, 1.54) is 0 Å². The molecule has 1 aliphatic rings. The lowest BCUT2D eigenvalue weighted by molar-refractivity contribution is -0.134. The number of amides is 2.